The average molecular weight is 284 g/mol. The molecule has 21 heavy (non-hydrogen) atoms. The average Bonchev–Trinajstić information content (AvgIpc) is 2.38. The summed E-state index contributed by atoms with van der Waals surface area (Å²) >= 11 is 0. The van der Waals surface area contributed by atoms with Gasteiger partial charge in [-0.25, -0.2) is 4.98 Å². The lowest BCUT2D eigenvalue weighted by Gasteiger charge is -2.12. The fraction of sp³-hybridized carbons (Fsp3) is 0.389. The zero-order valence-corrected chi connectivity index (χ0v) is 13.5. The Labute approximate surface area is 127 Å². The van der Waals surface area contributed by atoms with Crippen molar-refractivity contribution < 1.29 is 4.74 Å². The molecule has 0 radical (unpaired) electrons. The van der Waals surface area contributed by atoms with Crippen LogP contribution in [0, 0.1) is 20.8 Å². The van der Waals surface area contributed by atoms with E-state index >= 15 is 0 Å². The molecular formula is C18H24N2O. The molecule has 0 unspecified atom stereocenters. The number of aromatic nitrogens is 1. The van der Waals surface area contributed by atoms with Crippen molar-refractivity contribution in [1.29, 1.82) is 0 Å². The van der Waals surface area contributed by atoms with E-state index < -0.39 is 0 Å². The predicted molar refractivity (Wildman–Crippen MR) is 86.9 cm³/mol. The van der Waals surface area contributed by atoms with Gasteiger partial charge < -0.3 is 10.1 Å². The first-order chi connectivity index (χ1) is 9.94. The molecule has 0 bridgehead atoms. The molecule has 0 spiro atoms. The minimum absolute atomic E-state index is 0.469. The molecule has 0 fully saturated rings. The summed E-state index contributed by atoms with van der Waals surface area (Å²) in [5.41, 5.74) is 4.62. The van der Waals surface area contributed by atoms with E-state index in [9.17, 15) is 0 Å². The van der Waals surface area contributed by atoms with Gasteiger partial charge in [0.1, 0.15) is 5.75 Å². The number of nitrogens with one attached hydrogen (secondary N) is 1. The van der Waals surface area contributed by atoms with E-state index in [1.54, 1.807) is 0 Å². The molecule has 2 rings (SSSR count). The largest absolute Gasteiger partial charge is 0.439 e. The van der Waals surface area contributed by atoms with Gasteiger partial charge >= 0.3 is 0 Å². The highest BCUT2D eigenvalue weighted by atomic mass is 16.5. The van der Waals surface area contributed by atoms with Crippen LogP contribution in [0.15, 0.2) is 30.5 Å². The first-order valence-electron chi connectivity index (χ1n) is 7.39. The van der Waals surface area contributed by atoms with Crippen molar-refractivity contribution in [3.63, 3.8) is 0 Å². The standard InChI is InChI=1S/C18H24N2O/c1-12(2)19-10-16-9-15(5)18(20-11-16)21-17-7-13(3)6-14(4)8-17/h6-9,11-12,19H,10H2,1-5H3. The maximum Gasteiger partial charge on any atom is 0.222 e. The molecule has 0 atom stereocenters. The Morgan fingerprint density at radius 1 is 1.05 bits per heavy atom. The summed E-state index contributed by atoms with van der Waals surface area (Å²) in [6.07, 6.45) is 1.88. The monoisotopic (exact) mass is 284 g/mol. The molecule has 1 aromatic carbocycles. The summed E-state index contributed by atoms with van der Waals surface area (Å²) in [4.78, 5) is 4.45. The molecule has 112 valence electrons. The topological polar surface area (TPSA) is 34.1 Å². The molecule has 0 aliphatic heterocycles. The summed E-state index contributed by atoms with van der Waals surface area (Å²) in [5, 5.41) is 3.39. The van der Waals surface area contributed by atoms with Crippen LogP contribution in [0.3, 0.4) is 0 Å². The molecule has 0 amide bonds. The van der Waals surface area contributed by atoms with Gasteiger partial charge in [-0.1, -0.05) is 19.9 Å². The fourth-order valence-electron chi connectivity index (χ4n) is 2.25. The lowest BCUT2D eigenvalue weighted by atomic mass is 10.1. The lowest BCUT2D eigenvalue weighted by Crippen LogP contribution is -2.21. The molecule has 0 aliphatic rings. The van der Waals surface area contributed by atoms with Gasteiger partial charge in [0.25, 0.3) is 0 Å². The van der Waals surface area contributed by atoms with Crippen molar-refractivity contribution >= 4 is 0 Å². The van der Waals surface area contributed by atoms with Crippen molar-refractivity contribution in [3.05, 3.63) is 52.7 Å². The van der Waals surface area contributed by atoms with Crippen LogP contribution in [0.5, 0.6) is 11.6 Å². The van der Waals surface area contributed by atoms with Gasteiger partial charge in [-0.05, 0) is 55.7 Å². The minimum atomic E-state index is 0.469. The van der Waals surface area contributed by atoms with Gasteiger partial charge in [0.05, 0.1) is 0 Å². The second-order valence-electron chi connectivity index (χ2n) is 5.93. The van der Waals surface area contributed by atoms with Crippen molar-refractivity contribution in [2.75, 3.05) is 0 Å². The normalized spacial score (nSPS) is 11.0. The Balaban J connectivity index is 2.13. The molecule has 3 heteroatoms. The van der Waals surface area contributed by atoms with Crippen LogP contribution in [0.4, 0.5) is 0 Å². The van der Waals surface area contributed by atoms with E-state index in [1.807, 2.05) is 25.3 Å². The van der Waals surface area contributed by atoms with Crippen LogP contribution in [0.2, 0.25) is 0 Å². The maximum atomic E-state index is 5.92. The highest BCUT2D eigenvalue weighted by molar-refractivity contribution is 5.37. The van der Waals surface area contributed by atoms with Crippen molar-refractivity contribution in [2.45, 2.75) is 47.2 Å². The molecule has 0 aliphatic carbocycles. The molecule has 1 N–H and O–H groups in total. The van der Waals surface area contributed by atoms with E-state index in [2.05, 4.69) is 50.1 Å². The third-order valence-electron chi connectivity index (χ3n) is 3.21. The summed E-state index contributed by atoms with van der Waals surface area (Å²) in [6, 6.07) is 8.79. The van der Waals surface area contributed by atoms with Crippen molar-refractivity contribution in [1.82, 2.24) is 10.3 Å². The number of nitrogens with zero attached hydrogens (tertiary/aromatic N) is 1. The zero-order chi connectivity index (χ0) is 15.4. The minimum Gasteiger partial charge on any atom is -0.439 e. The molecule has 3 nitrogen and oxygen atoms in total. The zero-order valence-electron chi connectivity index (χ0n) is 13.5. The van der Waals surface area contributed by atoms with Gasteiger partial charge in [-0.3, -0.25) is 0 Å². The Bertz CT molecular complexity index is 600. The summed E-state index contributed by atoms with van der Waals surface area (Å²) in [5.74, 6) is 1.52. The van der Waals surface area contributed by atoms with Crippen molar-refractivity contribution in [3.8, 4) is 11.6 Å². The number of hydrogen-bond acceptors (Lipinski definition) is 3. The van der Waals surface area contributed by atoms with E-state index in [-0.39, 0.29) is 0 Å². The van der Waals surface area contributed by atoms with Crippen LogP contribution < -0.4 is 10.1 Å². The molecule has 2 aromatic rings. The highest BCUT2D eigenvalue weighted by Crippen LogP contribution is 2.25. The maximum absolute atomic E-state index is 5.92. The van der Waals surface area contributed by atoms with Crippen LogP contribution in [-0.4, -0.2) is 11.0 Å². The number of ether oxygens (including phenoxy) is 1. The number of rotatable bonds is 5. The fourth-order valence-corrected chi connectivity index (χ4v) is 2.25. The van der Waals surface area contributed by atoms with Crippen molar-refractivity contribution in [2.24, 2.45) is 0 Å². The molecular weight excluding hydrogens is 260 g/mol. The molecule has 1 heterocycles. The van der Waals surface area contributed by atoms with E-state index in [4.69, 9.17) is 4.74 Å². The number of benzene rings is 1. The SMILES string of the molecule is Cc1cc(C)cc(Oc2ncc(CNC(C)C)cc2C)c1. The predicted octanol–water partition coefficient (Wildman–Crippen LogP) is 4.30. The van der Waals surface area contributed by atoms with Gasteiger partial charge in [-0.15, -0.1) is 0 Å². The molecule has 0 saturated carbocycles. The summed E-state index contributed by atoms with van der Waals surface area (Å²) in [7, 11) is 0. The Hall–Kier alpha value is -1.87. The van der Waals surface area contributed by atoms with Crippen LogP contribution in [0.25, 0.3) is 0 Å². The molecule has 1 aromatic heterocycles. The highest BCUT2D eigenvalue weighted by Gasteiger charge is 2.06. The summed E-state index contributed by atoms with van der Waals surface area (Å²) in [6.45, 7) is 11.3. The third-order valence-corrected chi connectivity index (χ3v) is 3.21. The van der Waals surface area contributed by atoms with Crippen LogP contribution >= 0.6 is 0 Å². The number of hydrogen-bond donors (Lipinski definition) is 1. The van der Waals surface area contributed by atoms with Gasteiger partial charge in [0.15, 0.2) is 0 Å². The molecule has 0 saturated heterocycles. The second kappa shape index (κ2) is 6.72. The first kappa shape index (κ1) is 15.5. The Morgan fingerprint density at radius 2 is 1.71 bits per heavy atom. The Kier molecular flexibility index (Phi) is 4.97. The van der Waals surface area contributed by atoms with Crippen LogP contribution in [0.1, 0.15) is 36.1 Å². The summed E-state index contributed by atoms with van der Waals surface area (Å²) < 4.78 is 5.92. The first-order valence-corrected chi connectivity index (χ1v) is 7.39. The lowest BCUT2D eigenvalue weighted by molar-refractivity contribution is 0.457. The van der Waals surface area contributed by atoms with Gasteiger partial charge in [0.2, 0.25) is 5.88 Å². The third kappa shape index (κ3) is 4.57. The van der Waals surface area contributed by atoms with Gasteiger partial charge in [0, 0.05) is 24.3 Å². The number of aryl methyl sites for hydroxylation is 3. The van der Waals surface area contributed by atoms with Crippen LogP contribution in [-0.2, 0) is 6.54 Å². The quantitative estimate of drug-likeness (QED) is 0.889. The number of pyridine rings is 1. The smallest absolute Gasteiger partial charge is 0.222 e. The second-order valence-corrected chi connectivity index (χ2v) is 5.93. The Morgan fingerprint density at radius 3 is 2.29 bits per heavy atom. The van der Waals surface area contributed by atoms with E-state index in [0.717, 1.165) is 17.9 Å². The van der Waals surface area contributed by atoms with E-state index in [1.165, 1.54) is 16.7 Å². The van der Waals surface area contributed by atoms with Gasteiger partial charge in [-0.2, -0.15) is 0 Å². The van der Waals surface area contributed by atoms with E-state index in [0.29, 0.717) is 11.9 Å².